The highest BCUT2D eigenvalue weighted by atomic mass is 127. The molecule has 0 atom stereocenters. The number of furan rings is 1. The van der Waals surface area contributed by atoms with Gasteiger partial charge in [-0.05, 0) is 31.9 Å². The zero-order valence-electron chi connectivity index (χ0n) is 16.1. The van der Waals surface area contributed by atoms with E-state index >= 15 is 0 Å². The second kappa shape index (κ2) is 13.0. The first kappa shape index (κ1) is 23.8. The van der Waals surface area contributed by atoms with Crippen LogP contribution in [0.3, 0.4) is 0 Å². The maximum atomic E-state index is 12.3. The molecular weight excluding hydrogens is 431 g/mol. The number of carbonyl (C=O) groups excluding carboxylic acids is 1. The van der Waals surface area contributed by atoms with E-state index in [1.807, 2.05) is 42.8 Å². The third-order valence-electron chi connectivity index (χ3n) is 3.69. The molecule has 0 saturated heterocycles. The van der Waals surface area contributed by atoms with Crippen molar-refractivity contribution in [3.63, 3.8) is 0 Å². The summed E-state index contributed by atoms with van der Waals surface area (Å²) >= 11 is 0. The number of hydrogen-bond acceptors (Lipinski definition) is 3. The normalized spacial score (nSPS) is 11.2. The lowest BCUT2D eigenvalue weighted by atomic mass is 10.2. The van der Waals surface area contributed by atoms with Crippen molar-refractivity contribution >= 4 is 35.8 Å². The first-order chi connectivity index (χ1) is 11.5. The summed E-state index contributed by atoms with van der Waals surface area (Å²) in [6.45, 7) is 11.5. The largest absolute Gasteiger partial charge is 0.469 e. The summed E-state index contributed by atoms with van der Waals surface area (Å²) in [6, 6.07) is 3.85. The number of rotatable bonds is 9. The van der Waals surface area contributed by atoms with Gasteiger partial charge in [-0.3, -0.25) is 9.79 Å². The highest BCUT2D eigenvalue weighted by Gasteiger charge is 2.15. The lowest BCUT2D eigenvalue weighted by molar-refractivity contribution is -0.131. The quantitative estimate of drug-likeness (QED) is 0.347. The summed E-state index contributed by atoms with van der Waals surface area (Å²) < 4.78 is 5.34. The lowest BCUT2D eigenvalue weighted by Gasteiger charge is -2.26. The molecule has 0 saturated carbocycles. The standard InChI is InChI=1S/C18H32N4O2.HI/c1-6-22(7-2)17(23)14-21(5)18(20-13-15(3)4)19-11-10-16-9-8-12-24-16;/h8-9,12,15H,6-7,10-11,13-14H2,1-5H3,(H,19,20);1H. The first-order valence-corrected chi connectivity index (χ1v) is 8.77. The average Bonchev–Trinajstić information content (AvgIpc) is 3.04. The van der Waals surface area contributed by atoms with E-state index in [-0.39, 0.29) is 29.9 Å². The molecule has 1 aromatic heterocycles. The van der Waals surface area contributed by atoms with Gasteiger partial charge in [0.15, 0.2) is 5.96 Å². The van der Waals surface area contributed by atoms with Crippen LogP contribution in [0.2, 0.25) is 0 Å². The zero-order chi connectivity index (χ0) is 17.9. The van der Waals surface area contributed by atoms with Crippen molar-refractivity contribution in [2.75, 3.05) is 39.8 Å². The van der Waals surface area contributed by atoms with Crippen LogP contribution in [0.25, 0.3) is 0 Å². The van der Waals surface area contributed by atoms with Gasteiger partial charge in [-0.1, -0.05) is 13.8 Å². The highest BCUT2D eigenvalue weighted by molar-refractivity contribution is 14.0. The number of nitrogens with zero attached hydrogens (tertiary/aromatic N) is 3. The van der Waals surface area contributed by atoms with Crippen LogP contribution in [-0.2, 0) is 11.2 Å². The monoisotopic (exact) mass is 464 g/mol. The Morgan fingerprint density at radius 3 is 2.52 bits per heavy atom. The Hall–Kier alpha value is -1.25. The van der Waals surface area contributed by atoms with Crippen LogP contribution < -0.4 is 5.32 Å². The van der Waals surface area contributed by atoms with E-state index in [0.717, 1.165) is 37.8 Å². The number of aliphatic imine (C=N–C) groups is 1. The maximum absolute atomic E-state index is 12.3. The van der Waals surface area contributed by atoms with Gasteiger partial charge in [0.2, 0.25) is 5.91 Å². The molecule has 0 unspecified atom stereocenters. The van der Waals surface area contributed by atoms with E-state index in [1.54, 1.807) is 6.26 Å². The molecule has 1 aromatic rings. The number of likely N-dealkylation sites (N-methyl/N-ethyl adjacent to an activating group) is 2. The smallest absolute Gasteiger partial charge is 0.242 e. The first-order valence-electron chi connectivity index (χ1n) is 8.77. The fourth-order valence-electron chi connectivity index (χ4n) is 2.29. The number of hydrogen-bond donors (Lipinski definition) is 1. The molecule has 0 aliphatic carbocycles. The number of carbonyl (C=O) groups is 1. The summed E-state index contributed by atoms with van der Waals surface area (Å²) in [4.78, 5) is 20.7. The Morgan fingerprint density at radius 1 is 1.32 bits per heavy atom. The predicted octanol–water partition coefficient (Wildman–Crippen LogP) is 2.84. The van der Waals surface area contributed by atoms with Crippen LogP contribution in [-0.4, -0.2) is 61.4 Å². The summed E-state index contributed by atoms with van der Waals surface area (Å²) in [5, 5.41) is 3.34. The number of guanidine groups is 1. The SMILES string of the molecule is CCN(CC)C(=O)CN(C)C(=NCC(C)C)NCCc1ccco1.I. The molecule has 1 rings (SSSR count). The summed E-state index contributed by atoms with van der Waals surface area (Å²) in [7, 11) is 1.90. The summed E-state index contributed by atoms with van der Waals surface area (Å²) in [5.41, 5.74) is 0. The Kier molecular flexibility index (Phi) is 12.4. The van der Waals surface area contributed by atoms with Gasteiger partial charge in [0.25, 0.3) is 0 Å². The minimum atomic E-state index is 0. The van der Waals surface area contributed by atoms with Crippen molar-refractivity contribution in [3.05, 3.63) is 24.2 Å². The molecule has 144 valence electrons. The van der Waals surface area contributed by atoms with Gasteiger partial charge in [0, 0.05) is 39.6 Å². The van der Waals surface area contributed by atoms with E-state index in [9.17, 15) is 4.79 Å². The molecule has 0 fully saturated rings. The van der Waals surface area contributed by atoms with Crippen LogP contribution >= 0.6 is 24.0 Å². The zero-order valence-corrected chi connectivity index (χ0v) is 18.4. The molecule has 0 aliphatic rings. The Morgan fingerprint density at radius 2 is 2.00 bits per heavy atom. The van der Waals surface area contributed by atoms with E-state index in [4.69, 9.17) is 4.42 Å². The van der Waals surface area contributed by atoms with E-state index in [2.05, 4.69) is 24.2 Å². The fraction of sp³-hybridized carbons (Fsp3) is 0.667. The third kappa shape index (κ3) is 9.13. The number of halogens is 1. The highest BCUT2D eigenvalue weighted by Crippen LogP contribution is 2.01. The predicted molar refractivity (Wildman–Crippen MR) is 114 cm³/mol. The van der Waals surface area contributed by atoms with Gasteiger partial charge in [-0.15, -0.1) is 24.0 Å². The van der Waals surface area contributed by atoms with Crippen molar-refractivity contribution in [2.24, 2.45) is 10.9 Å². The van der Waals surface area contributed by atoms with Crippen LogP contribution in [0.1, 0.15) is 33.5 Å². The van der Waals surface area contributed by atoms with Gasteiger partial charge >= 0.3 is 0 Å². The fourth-order valence-corrected chi connectivity index (χ4v) is 2.29. The minimum absolute atomic E-state index is 0. The van der Waals surface area contributed by atoms with Crippen LogP contribution in [0, 0.1) is 5.92 Å². The van der Waals surface area contributed by atoms with Gasteiger partial charge in [0.05, 0.1) is 12.8 Å². The van der Waals surface area contributed by atoms with Crippen molar-refractivity contribution in [3.8, 4) is 0 Å². The van der Waals surface area contributed by atoms with Gasteiger partial charge < -0.3 is 19.5 Å². The minimum Gasteiger partial charge on any atom is -0.469 e. The number of amides is 1. The summed E-state index contributed by atoms with van der Waals surface area (Å²) in [6.07, 6.45) is 2.46. The van der Waals surface area contributed by atoms with Crippen molar-refractivity contribution in [1.82, 2.24) is 15.1 Å². The lowest BCUT2D eigenvalue weighted by Crippen LogP contribution is -2.46. The third-order valence-corrected chi connectivity index (χ3v) is 3.69. The number of nitrogens with one attached hydrogen (secondary N) is 1. The summed E-state index contributed by atoms with van der Waals surface area (Å²) in [5.74, 6) is 2.29. The van der Waals surface area contributed by atoms with Gasteiger partial charge in [0.1, 0.15) is 5.76 Å². The second-order valence-electron chi connectivity index (χ2n) is 6.24. The molecule has 1 amide bonds. The van der Waals surface area contributed by atoms with Crippen molar-refractivity contribution in [2.45, 2.75) is 34.1 Å². The molecule has 0 aliphatic heterocycles. The molecule has 1 heterocycles. The maximum Gasteiger partial charge on any atom is 0.242 e. The molecule has 0 bridgehead atoms. The topological polar surface area (TPSA) is 61.1 Å². The Balaban J connectivity index is 0.00000576. The van der Waals surface area contributed by atoms with Crippen molar-refractivity contribution in [1.29, 1.82) is 0 Å². The molecule has 0 radical (unpaired) electrons. The van der Waals surface area contributed by atoms with Gasteiger partial charge in [-0.25, -0.2) is 0 Å². The van der Waals surface area contributed by atoms with E-state index < -0.39 is 0 Å². The Labute approximate surface area is 169 Å². The molecule has 1 N–H and O–H groups in total. The molecular formula is C18H33IN4O2. The molecule has 25 heavy (non-hydrogen) atoms. The van der Waals surface area contributed by atoms with Crippen LogP contribution in [0.15, 0.2) is 27.8 Å². The second-order valence-corrected chi connectivity index (χ2v) is 6.24. The average molecular weight is 464 g/mol. The molecule has 0 aromatic carbocycles. The van der Waals surface area contributed by atoms with Crippen molar-refractivity contribution < 1.29 is 9.21 Å². The van der Waals surface area contributed by atoms with Gasteiger partial charge in [-0.2, -0.15) is 0 Å². The molecule has 6 nitrogen and oxygen atoms in total. The van der Waals surface area contributed by atoms with E-state index in [1.165, 1.54) is 0 Å². The van der Waals surface area contributed by atoms with Crippen LogP contribution in [0.4, 0.5) is 0 Å². The van der Waals surface area contributed by atoms with Crippen LogP contribution in [0.5, 0.6) is 0 Å². The van der Waals surface area contributed by atoms with E-state index in [0.29, 0.717) is 19.0 Å². The Bertz CT molecular complexity index is 499. The molecule has 0 spiro atoms. The molecule has 7 heteroatoms.